The molecule has 1 heteroatoms. The molecule has 0 heterocycles. The summed E-state index contributed by atoms with van der Waals surface area (Å²) in [5, 5.41) is 3.77. The van der Waals surface area contributed by atoms with E-state index in [1.807, 2.05) is 0 Å². The monoisotopic (exact) mass is 209 g/mol. The van der Waals surface area contributed by atoms with E-state index < -0.39 is 0 Å². The van der Waals surface area contributed by atoms with Crippen LogP contribution in [-0.2, 0) is 0 Å². The maximum absolute atomic E-state index is 3.77. The summed E-state index contributed by atoms with van der Waals surface area (Å²) in [5.41, 5.74) is 0. The van der Waals surface area contributed by atoms with E-state index in [0.717, 1.165) is 23.8 Å². The third-order valence-electron chi connectivity index (χ3n) is 4.63. The second-order valence-corrected chi connectivity index (χ2v) is 6.03. The molecule has 1 nitrogen and oxygen atoms in total. The molecule has 2 aliphatic rings. The average molecular weight is 209 g/mol. The quantitative estimate of drug-likeness (QED) is 0.746. The van der Waals surface area contributed by atoms with Crippen molar-refractivity contribution in [2.75, 3.05) is 6.54 Å². The molecule has 0 spiro atoms. The third kappa shape index (κ3) is 3.21. The van der Waals surface area contributed by atoms with Crippen molar-refractivity contribution in [3.63, 3.8) is 0 Å². The van der Waals surface area contributed by atoms with Crippen LogP contribution in [0.5, 0.6) is 0 Å². The molecular formula is C14H27N. The smallest absolute Gasteiger partial charge is 0.00671 e. The van der Waals surface area contributed by atoms with Gasteiger partial charge in [-0.2, -0.15) is 0 Å². The molecule has 0 aromatic heterocycles. The van der Waals surface area contributed by atoms with E-state index in [9.17, 15) is 0 Å². The lowest BCUT2D eigenvalue weighted by Gasteiger charge is -2.34. The van der Waals surface area contributed by atoms with Crippen molar-refractivity contribution in [3.05, 3.63) is 0 Å². The lowest BCUT2D eigenvalue weighted by molar-refractivity contribution is 0.214. The van der Waals surface area contributed by atoms with Crippen LogP contribution in [0.2, 0.25) is 0 Å². The van der Waals surface area contributed by atoms with Crippen molar-refractivity contribution in [3.8, 4) is 0 Å². The Labute approximate surface area is 95.0 Å². The maximum atomic E-state index is 3.77. The van der Waals surface area contributed by atoms with Gasteiger partial charge in [-0.1, -0.05) is 26.2 Å². The zero-order valence-electron chi connectivity index (χ0n) is 10.5. The van der Waals surface area contributed by atoms with Crippen molar-refractivity contribution in [2.24, 2.45) is 17.8 Å². The number of hydrogen-bond acceptors (Lipinski definition) is 1. The minimum atomic E-state index is 0.774. The number of hydrogen-bond donors (Lipinski definition) is 1. The van der Waals surface area contributed by atoms with Gasteiger partial charge < -0.3 is 5.32 Å². The number of nitrogens with one attached hydrogen (secondary N) is 1. The van der Waals surface area contributed by atoms with Gasteiger partial charge in [-0.25, -0.2) is 0 Å². The van der Waals surface area contributed by atoms with E-state index in [4.69, 9.17) is 0 Å². The molecule has 0 aliphatic heterocycles. The van der Waals surface area contributed by atoms with E-state index in [1.165, 1.54) is 51.5 Å². The fourth-order valence-electron chi connectivity index (χ4n) is 3.20. The van der Waals surface area contributed by atoms with Crippen molar-refractivity contribution < 1.29 is 0 Å². The molecule has 0 aromatic carbocycles. The Morgan fingerprint density at radius 2 is 1.87 bits per heavy atom. The van der Waals surface area contributed by atoms with Crippen LogP contribution in [0.4, 0.5) is 0 Å². The fraction of sp³-hybridized carbons (Fsp3) is 1.00. The van der Waals surface area contributed by atoms with Gasteiger partial charge in [0.25, 0.3) is 0 Å². The Kier molecular flexibility index (Phi) is 4.07. The molecule has 0 radical (unpaired) electrons. The highest BCUT2D eigenvalue weighted by molar-refractivity contribution is 4.81. The zero-order valence-corrected chi connectivity index (χ0v) is 10.5. The molecule has 0 amide bonds. The fourth-order valence-corrected chi connectivity index (χ4v) is 3.20. The summed E-state index contributed by atoms with van der Waals surface area (Å²) in [6, 6.07) is 0.774. The lowest BCUT2D eigenvalue weighted by Crippen LogP contribution is -2.40. The topological polar surface area (TPSA) is 12.0 Å². The summed E-state index contributed by atoms with van der Waals surface area (Å²) < 4.78 is 0. The van der Waals surface area contributed by atoms with E-state index >= 15 is 0 Å². The molecule has 0 saturated heterocycles. The summed E-state index contributed by atoms with van der Waals surface area (Å²) in [7, 11) is 0. The normalized spacial score (nSPS) is 34.8. The number of rotatable bonds is 4. The third-order valence-corrected chi connectivity index (χ3v) is 4.63. The summed E-state index contributed by atoms with van der Waals surface area (Å²) in [5.74, 6) is 2.94. The highest BCUT2D eigenvalue weighted by Crippen LogP contribution is 2.31. The molecule has 0 aromatic rings. The van der Waals surface area contributed by atoms with E-state index in [2.05, 4.69) is 19.2 Å². The van der Waals surface area contributed by atoms with Gasteiger partial charge in [0, 0.05) is 6.04 Å². The molecule has 2 fully saturated rings. The second kappa shape index (κ2) is 5.34. The van der Waals surface area contributed by atoms with Crippen LogP contribution in [-0.4, -0.2) is 12.6 Å². The van der Waals surface area contributed by atoms with E-state index in [1.54, 1.807) is 0 Å². The van der Waals surface area contributed by atoms with Gasteiger partial charge in [-0.05, 0) is 56.9 Å². The van der Waals surface area contributed by atoms with Crippen molar-refractivity contribution in [1.82, 2.24) is 5.32 Å². The molecule has 0 bridgehead atoms. The summed E-state index contributed by atoms with van der Waals surface area (Å²) in [4.78, 5) is 0. The maximum Gasteiger partial charge on any atom is 0.00671 e. The second-order valence-electron chi connectivity index (χ2n) is 6.03. The van der Waals surface area contributed by atoms with Gasteiger partial charge in [-0.3, -0.25) is 0 Å². The highest BCUT2D eigenvalue weighted by Gasteiger charge is 2.25. The molecule has 3 unspecified atom stereocenters. The van der Waals surface area contributed by atoms with Crippen molar-refractivity contribution in [2.45, 2.75) is 64.8 Å². The Bertz CT molecular complexity index is 186. The standard InChI is InChI=1S/C14H27N/c1-11-5-3-6-13(9-11)10-15-12(2)14-7-4-8-14/h11-15H,3-10H2,1-2H3. The van der Waals surface area contributed by atoms with Gasteiger partial charge >= 0.3 is 0 Å². The average Bonchev–Trinajstić information content (AvgIpc) is 2.12. The van der Waals surface area contributed by atoms with Crippen LogP contribution in [0, 0.1) is 17.8 Å². The van der Waals surface area contributed by atoms with Crippen LogP contribution >= 0.6 is 0 Å². The van der Waals surface area contributed by atoms with Crippen molar-refractivity contribution in [1.29, 1.82) is 0 Å². The largest absolute Gasteiger partial charge is 0.314 e. The first-order valence-electron chi connectivity index (χ1n) is 6.99. The Morgan fingerprint density at radius 1 is 1.13 bits per heavy atom. The first-order valence-corrected chi connectivity index (χ1v) is 6.99. The minimum Gasteiger partial charge on any atom is -0.314 e. The van der Waals surface area contributed by atoms with E-state index in [0.29, 0.717) is 0 Å². The summed E-state index contributed by atoms with van der Waals surface area (Å²) >= 11 is 0. The predicted octanol–water partition coefficient (Wildman–Crippen LogP) is 3.59. The Balaban J connectivity index is 1.63. The van der Waals surface area contributed by atoms with Gasteiger partial charge in [0.2, 0.25) is 0 Å². The van der Waals surface area contributed by atoms with Gasteiger partial charge in [0.1, 0.15) is 0 Å². The van der Waals surface area contributed by atoms with Gasteiger partial charge in [-0.15, -0.1) is 0 Å². The van der Waals surface area contributed by atoms with Crippen LogP contribution in [0.1, 0.15) is 58.8 Å². The van der Waals surface area contributed by atoms with E-state index in [-0.39, 0.29) is 0 Å². The Morgan fingerprint density at radius 3 is 2.47 bits per heavy atom. The molecule has 88 valence electrons. The molecule has 15 heavy (non-hydrogen) atoms. The summed E-state index contributed by atoms with van der Waals surface area (Å²) in [6.45, 7) is 6.08. The van der Waals surface area contributed by atoms with Crippen LogP contribution in [0.25, 0.3) is 0 Å². The molecular weight excluding hydrogens is 182 g/mol. The van der Waals surface area contributed by atoms with Gasteiger partial charge in [0.15, 0.2) is 0 Å². The minimum absolute atomic E-state index is 0.774. The molecule has 2 rings (SSSR count). The highest BCUT2D eigenvalue weighted by atomic mass is 14.9. The van der Waals surface area contributed by atoms with Crippen LogP contribution in [0.3, 0.4) is 0 Å². The van der Waals surface area contributed by atoms with Crippen molar-refractivity contribution >= 4 is 0 Å². The van der Waals surface area contributed by atoms with Gasteiger partial charge in [0.05, 0.1) is 0 Å². The molecule has 1 N–H and O–H groups in total. The lowest BCUT2D eigenvalue weighted by atomic mass is 9.79. The molecule has 2 saturated carbocycles. The van der Waals surface area contributed by atoms with Crippen LogP contribution < -0.4 is 5.32 Å². The SMILES string of the molecule is CC1CCCC(CNC(C)C2CCC2)C1. The molecule has 3 atom stereocenters. The first-order chi connectivity index (χ1) is 7.25. The Hall–Kier alpha value is -0.0400. The summed E-state index contributed by atoms with van der Waals surface area (Å²) in [6.07, 6.45) is 10.3. The first kappa shape index (κ1) is 11.4. The molecule has 2 aliphatic carbocycles. The van der Waals surface area contributed by atoms with Crippen LogP contribution in [0.15, 0.2) is 0 Å². The predicted molar refractivity (Wildman–Crippen MR) is 65.9 cm³/mol. The zero-order chi connectivity index (χ0) is 10.7.